The van der Waals surface area contributed by atoms with Gasteiger partial charge in [-0.1, -0.05) is 18.2 Å². The molecule has 4 heteroatoms. The Morgan fingerprint density at radius 3 is 2.52 bits per heavy atom. The highest BCUT2D eigenvalue weighted by Crippen LogP contribution is 2.21. The van der Waals surface area contributed by atoms with E-state index in [2.05, 4.69) is 5.32 Å². The van der Waals surface area contributed by atoms with Gasteiger partial charge in [-0.05, 0) is 42.8 Å². The minimum Gasteiger partial charge on any atom is -0.492 e. The summed E-state index contributed by atoms with van der Waals surface area (Å²) < 4.78 is 5.76. The van der Waals surface area contributed by atoms with Crippen LogP contribution >= 0.6 is 11.8 Å². The topological polar surface area (TPSA) is 38.3 Å². The minimum absolute atomic E-state index is 0.0537. The van der Waals surface area contributed by atoms with Crippen LogP contribution in [0.5, 0.6) is 5.75 Å². The SMILES string of the molecule is CC(=O)Nc1ccc(SCCOc2ccccc2C)cc1. The quantitative estimate of drug-likeness (QED) is 0.644. The third kappa shape index (κ3) is 5.16. The van der Waals surface area contributed by atoms with Crippen LogP contribution in [-0.4, -0.2) is 18.3 Å². The molecule has 3 nitrogen and oxygen atoms in total. The molecule has 110 valence electrons. The van der Waals surface area contributed by atoms with Gasteiger partial charge in [0.1, 0.15) is 5.75 Å². The fourth-order valence-corrected chi connectivity index (χ4v) is 2.60. The third-order valence-corrected chi connectivity index (χ3v) is 3.85. The summed E-state index contributed by atoms with van der Waals surface area (Å²) >= 11 is 1.74. The van der Waals surface area contributed by atoms with Gasteiger partial charge in [-0.2, -0.15) is 0 Å². The number of rotatable bonds is 6. The molecule has 0 heterocycles. The lowest BCUT2D eigenvalue weighted by Gasteiger charge is -2.09. The summed E-state index contributed by atoms with van der Waals surface area (Å²) in [6.07, 6.45) is 0. The summed E-state index contributed by atoms with van der Waals surface area (Å²) in [7, 11) is 0. The molecule has 0 radical (unpaired) electrons. The molecule has 2 rings (SSSR count). The number of nitrogens with one attached hydrogen (secondary N) is 1. The van der Waals surface area contributed by atoms with Gasteiger partial charge in [0.05, 0.1) is 6.61 Å². The molecule has 2 aromatic carbocycles. The van der Waals surface area contributed by atoms with Crippen LogP contribution in [0.3, 0.4) is 0 Å². The maximum Gasteiger partial charge on any atom is 0.221 e. The van der Waals surface area contributed by atoms with E-state index >= 15 is 0 Å². The highest BCUT2D eigenvalue weighted by Gasteiger charge is 2.00. The van der Waals surface area contributed by atoms with Crippen molar-refractivity contribution >= 4 is 23.4 Å². The van der Waals surface area contributed by atoms with E-state index in [0.29, 0.717) is 6.61 Å². The molecule has 0 saturated carbocycles. The normalized spacial score (nSPS) is 10.2. The van der Waals surface area contributed by atoms with E-state index in [1.807, 2.05) is 55.5 Å². The number of para-hydroxylation sites is 1. The Balaban J connectivity index is 1.76. The molecule has 0 fully saturated rings. The van der Waals surface area contributed by atoms with Crippen LogP contribution in [0.25, 0.3) is 0 Å². The standard InChI is InChI=1S/C17H19NO2S/c1-13-5-3-4-6-17(13)20-11-12-21-16-9-7-15(8-10-16)18-14(2)19/h3-10H,11-12H2,1-2H3,(H,18,19). The van der Waals surface area contributed by atoms with Crippen molar-refractivity contribution in [3.63, 3.8) is 0 Å². The molecule has 0 aliphatic rings. The Bertz CT molecular complexity index is 596. The third-order valence-electron chi connectivity index (χ3n) is 2.88. The predicted molar refractivity (Wildman–Crippen MR) is 88.1 cm³/mol. The van der Waals surface area contributed by atoms with Gasteiger partial charge in [0.25, 0.3) is 0 Å². The Kier molecular flexibility index (Phi) is 5.69. The first-order valence-corrected chi connectivity index (χ1v) is 7.82. The average Bonchev–Trinajstić information content (AvgIpc) is 2.46. The Hall–Kier alpha value is -1.94. The van der Waals surface area contributed by atoms with Crippen LogP contribution in [0, 0.1) is 6.92 Å². The van der Waals surface area contributed by atoms with E-state index in [-0.39, 0.29) is 5.91 Å². The van der Waals surface area contributed by atoms with Crippen molar-refractivity contribution < 1.29 is 9.53 Å². The first-order chi connectivity index (χ1) is 10.1. The van der Waals surface area contributed by atoms with E-state index in [0.717, 1.165) is 27.6 Å². The number of carbonyl (C=O) groups is 1. The second kappa shape index (κ2) is 7.74. The van der Waals surface area contributed by atoms with Gasteiger partial charge in [0.2, 0.25) is 5.91 Å². The number of thioether (sulfide) groups is 1. The lowest BCUT2D eigenvalue weighted by Crippen LogP contribution is -2.05. The number of anilines is 1. The minimum atomic E-state index is -0.0537. The summed E-state index contributed by atoms with van der Waals surface area (Å²) in [5.41, 5.74) is 1.98. The first kappa shape index (κ1) is 15.4. The van der Waals surface area contributed by atoms with Crippen molar-refractivity contribution in [2.45, 2.75) is 18.7 Å². The van der Waals surface area contributed by atoms with Crippen LogP contribution < -0.4 is 10.1 Å². The van der Waals surface area contributed by atoms with E-state index < -0.39 is 0 Å². The molecule has 0 bridgehead atoms. The lowest BCUT2D eigenvalue weighted by atomic mass is 10.2. The second-order valence-electron chi connectivity index (χ2n) is 4.67. The molecule has 0 unspecified atom stereocenters. The fourth-order valence-electron chi connectivity index (χ4n) is 1.87. The molecule has 2 aromatic rings. The van der Waals surface area contributed by atoms with Crippen molar-refractivity contribution in [2.24, 2.45) is 0 Å². The van der Waals surface area contributed by atoms with Gasteiger partial charge in [-0.15, -0.1) is 11.8 Å². The molecule has 0 spiro atoms. The van der Waals surface area contributed by atoms with Gasteiger partial charge in [-0.25, -0.2) is 0 Å². The van der Waals surface area contributed by atoms with Crippen LogP contribution in [0.1, 0.15) is 12.5 Å². The molecule has 1 N–H and O–H groups in total. The number of hydrogen-bond acceptors (Lipinski definition) is 3. The van der Waals surface area contributed by atoms with Crippen LogP contribution in [0.2, 0.25) is 0 Å². The first-order valence-electron chi connectivity index (χ1n) is 6.84. The van der Waals surface area contributed by atoms with Gasteiger partial charge in [0, 0.05) is 23.3 Å². The molecule has 0 aliphatic heterocycles. The lowest BCUT2D eigenvalue weighted by molar-refractivity contribution is -0.114. The molecule has 0 aliphatic carbocycles. The van der Waals surface area contributed by atoms with Crippen molar-refractivity contribution in [1.29, 1.82) is 0 Å². The van der Waals surface area contributed by atoms with Crippen LogP contribution in [0.15, 0.2) is 53.4 Å². The predicted octanol–water partition coefficient (Wildman–Crippen LogP) is 4.12. The van der Waals surface area contributed by atoms with Crippen molar-refractivity contribution in [3.8, 4) is 5.75 Å². The Morgan fingerprint density at radius 2 is 1.86 bits per heavy atom. The molecule has 21 heavy (non-hydrogen) atoms. The van der Waals surface area contributed by atoms with Gasteiger partial charge in [0.15, 0.2) is 0 Å². The summed E-state index contributed by atoms with van der Waals surface area (Å²) in [4.78, 5) is 12.1. The van der Waals surface area contributed by atoms with Crippen molar-refractivity contribution in [3.05, 3.63) is 54.1 Å². The maximum atomic E-state index is 10.9. The average molecular weight is 301 g/mol. The zero-order valence-corrected chi connectivity index (χ0v) is 13.1. The number of carbonyl (C=O) groups excluding carboxylic acids is 1. The largest absolute Gasteiger partial charge is 0.492 e. The number of amides is 1. The monoisotopic (exact) mass is 301 g/mol. The molecule has 0 atom stereocenters. The maximum absolute atomic E-state index is 10.9. The number of benzene rings is 2. The summed E-state index contributed by atoms with van der Waals surface area (Å²) in [5, 5.41) is 2.75. The van der Waals surface area contributed by atoms with E-state index in [1.54, 1.807) is 11.8 Å². The Labute approximate surface area is 129 Å². The van der Waals surface area contributed by atoms with E-state index in [1.165, 1.54) is 6.92 Å². The zero-order chi connectivity index (χ0) is 15.1. The van der Waals surface area contributed by atoms with Gasteiger partial charge >= 0.3 is 0 Å². The molecule has 0 aromatic heterocycles. The number of ether oxygens (including phenoxy) is 1. The molecule has 0 saturated heterocycles. The number of aryl methyl sites for hydroxylation is 1. The summed E-state index contributed by atoms with van der Waals surface area (Å²) in [6, 6.07) is 15.8. The molecular weight excluding hydrogens is 282 g/mol. The highest BCUT2D eigenvalue weighted by molar-refractivity contribution is 7.99. The van der Waals surface area contributed by atoms with Gasteiger partial charge in [-0.3, -0.25) is 4.79 Å². The highest BCUT2D eigenvalue weighted by atomic mass is 32.2. The smallest absolute Gasteiger partial charge is 0.221 e. The summed E-state index contributed by atoms with van der Waals surface area (Å²) in [5.74, 6) is 1.77. The zero-order valence-electron chi connectivity index (χ0n) is 12.3. The van der Waals surface area contributed by atoms with Crippen molar-refractivity contribution in [1.82, 2.24) is 0 Å². The molecular formula is C17H19NO2S. The summed E-state index contributed by atoms with van der Waals surface area (Å²) in [6.45, 7) is 4.22. The molecule has 1 amide bonds. The Morgan fingerprint density at radius 1 is 1.14 bits per heavy atom. The number of hydrogen-bond donors (Lipinski definition) is 1. The van der Waals surface area contributed by atoms with E-state index in [4.69, 9.17) is 4.74 Å². The van der Waals surface area contributed by atoms with E-state index in [9.17, 15) is 4.79 Å². The van der Waals surface area contributed by atoms with Crippen LogP contribution in [-0.2, 0) is 4.79 Å². The second-order valence-corrected chi connectivity index (χ2v) is 5.84. The van der Waals surface area contributed by atoms with Gasteiger partial charge < -0.3 is 10.1 Å². The fraction of sp³-hybridized carbons (Fsp3) is 0.235. The van der Waals surface area contributed by atoms with Crippen LogP contribution in [0.4, 0.5) is 5.69 Å². The van der Waals surface area contributed by atoms with Crippen molar-refractivity contribution in [2.75, 3.05) is 17.7 Å².